The second-order valence-electron chi connectivity index (χ2n) is 8.81. The zero-order chi connectivity index (χ0) is 26.5. The lowest BCUT2D eigenvalue weighted by molar-refractivity contribution is -0.127. The summed E-state index contributed by atoms with van der Waals surface area (Å²) in [5.74, 6) is -0.720. The van der Waals surface area contributed by atoms with Crippen LogP contribution in [0.4, 0.5) is 5.69 Å². The van der Waals surface area contributed by atoms with Crippen molar-refractivity contribution in [2.45, 2.75) is 78.7 Å². The maximum Gasteiger partial charge on any atom is 0.335 e. The monoisotopic (exact) mass is 502 g/mol. The second-order valence-corrected chi connectivity index (χ2v) is 9.22. The van der Waals surface area contributed by atoms with Gasteiger partial charge in [-0.1, -0.05) is 89.7 Å². The normalized spacial score (nSPS) is 16.2. The van der Waals surface area contributed by atoms with Crippen molar-refractivity contribution in [3.63, 3.8) is 0 Å². The van der Waals surface area contributed by atoms with Gasteiger partial charge in [0.15, 0.2) is 0 Å². The number of carboxylic acid groups (broad SMARTS) is 1. The van der Waals surface area contributed by atoms with Gasteiger partial charge in [-0.3, -0.25) is 4.79 Å². The summed E-state index contributed by atoms with van der Waals surface area (Å²) < 4.78 is 0. The molecular formula is C29H43ClN2O3. The first-order chi connectivity index (χ1) is 16.7. The minimum atomic E-state index is -0.971. The molecule has 0 aromatic heterocycles. The Hall–Kier alpha value is -2.53. The number of rotatable bonds is 7. The number of carbonyl (C=O) groups is 2. The molecule has 2 aromatic rings. The van der Waals surface area contributed by atoms with Gasteiger partial charge in [0.25, 0.3) is 0 Å². The molecule has 1 aliphatic rings. The van der Waals surface area contributed by atoms with Crippen LogP contribution in [0, 0.1) is 0 Å². The van der Waals surface area contributed by atoms with Gasteiger partial charge >= 0.3 is 5.97 Å². The van der Waals surface area contributed by atoms with Gasteiger partial charge in [0.05, 0.1) is 18.2 Å². The molecule has 194 valence electrons. The summed E-state index contributed by atoms with van der Waals surface area (Å²) >= 11 is 6.57. The predicted molar refractivity (Wildman–Crippen MR) is 148 cm³/mol. The Morgan fingerprint density at radius 3 is 2.23 bits per heavy atom. The number of carboxylic acids is 1. The molecule has 0 fully saturated rings. The van der Waals surface area contributed by atoms with Gasteiger partial charge in [-0.05, 0) is 48.1 Å². The van der Waals surface area contributed by atoms with Crippen LogP contribution in [0.15, 0.2) is 42.5 Å². The van der Waals surface area contributed by atoms with Crippen LogP contribution in [0.3, 0.4) is 0 Å². The fourth-order valence-electron chi connectivity index (χ4n) is 4.21. The molecule has 35 heavy (non-hydrogen) atoms. The molecule has 1 N–H and O–H groups in total. The summed E-state index contributed by atoms with van der Waals surface area (Å²) in [5, 5.41) is 10.2. The van der Waals surface area contributed by atoms with Gasteiger partial charge in [0.1, 0.15) is 0 Å². The molecule has 0 spiro atoms. The first kappa shape index (κ1) is 30.5. The highest BCUT2D eigenvalue weighted by Gasteiger charge is 2.35. The smallest absolute Gasteiger partial charge is 0.335 e. The van der Waals surface area contributed by atoms with Crippen molar-refractivity contribution < 1.29 is 14.7 Å². The Morgan fingerprint density at radius 1 is 1.06 bits per heavy atom. The van der Waals surface area contributed by atoms with Crippen molar-refractivity contribution in [3.8, 4) is 0 Å². The highest BCUT2D eigenvalue weighted by Crippen LogP contribution is 2.48. The lowest BCUT2D eigenvalue weighted by atomic mass is 9.80. The molecular weight excluding hydrogens is 460 g/mol. The molecule has 0 bridgehead atoms. The number of aromatic carboxylic acids is 1. The molecule has 2 aromatic carbocycles. The minimum Gasteiger partial charge on any atom is -0.478 e. The molecule has 1 heterocycles. The first-order valence-corrected chi connectivity index (χ1v) is 13.2. The summed E-state index contributed by atoms with van der Waals surface area (Å²) in [5.41, 5.74) is 3.13. The van der Waals surface area contributed by atoms with Crippen LogP contribution in [0.25, 0.3) is 0 Å². The minimum absolute atomic E-state index is 0.0364. The predicted octanol–water partition coefficient (Wildman–Crippen LogP) is 7.79. The Labute approximate surface area is 217 Å². The van der Waals surface area contributed by atoms with Gasteiger partial charge < -0.3 is 14.9 Å². The molecule has 2 atom stereocenters. The van der Waals surface area contributed by atoms with Crippen molar-refractivity contribution in [2.24, 2.45) is 0 Å². The summed E-state index contributed by atoms with van der Waals surface area (Å²) in [6.45, 7) is 10.6. The molecule has 1 amide bonds. The van der Waals surface area contributed by atoms with Gasteiger partial charge in [-0.25, -0.2) is 4.79 Å². The average Bonchev–Trinajstić information content (AvgIpc) is 2.85. The molecule has 0 saturated carbocycles. The van der Waals surface area contributed by atoms with Crippen LogP contribution >= 0.6 is 11.6 Å². The Morgan fingerprint density at radius 2 is 1.69 bits per heavy atom. The Balaban J connectivity index is 0.00000114. The van der Waals surface area contributed by atoms with E-state index in [1.165, 1.54) is 6.42 Å². The molecule has 1 aliphatic heterocycles. The van der Waals surface area contributed by atoms with Crippen LogP contribution in [0.5, 0.6) is 0 Å². The highest BCUT2D eigenvalue weighted by molar-refractivity contribution is 6.31. The van der Waals surface area contributed by atoms with E-state index >= 15 is 0 Å². The quantitative estimate of drug-likeness (QED) is 0.419. The number of hydrogen-bond donors (Lipinski definition) is 1. The molecule has 0 radical (unpaired) electrons. The number of nitrogens with zero attached hydrogens (tertiary/aromatic N) is 2. The number of likely N-dealkylation sites (N-methyl/N-ethyl adjacent to an activating group) is 1. The summed E-state index contributed by atoms with van der Waals surface area (Å²) in [6, 6.07) is 12.9. The molecule has 0 aliphatic carbocycles. The van der Waals surface area contributed by atoms with E-state index in [0.717, 1.165) is 42.5 Å². The maximum atomic E-state index is 12.7. The van der Waals surface area contributed by atoms with E-state index in [-0.39, 0.29) is 30.0 Å². The van der Waals surface area contributed by atoms with E-state index in [9.17, 15) is 14.7 Å². The maximum absolute atomic E-state index is 12.7. The first-order valence-electron chi connectivity index (χ1n) is 12.8. The zero-order valence-electron chi connectivity index (χ0n) is 22.5. The number of unbranched alkanes of at least 4 members (excludes halogenated alkanes) is 1. The third kappa shape index (κ3) is 8.28. The lowest BCUT2D eigenvalue weighted by Gasteiger charge is -2.43. The van der Waals surface area contributed by atoms with Crippen LogP contribution < -0.4 is 4.90 Å². The number of carbonyl (C=O) groups excluding carboxylic acids is 1. The second kappa shape index (κ2) is 15.5. The standard InChI is InChI=1S/C24H29ClN2O3.C3H8.C2H6/c1-4-5-8-16-13-22(19-9-6-7-10-20(19)25)27(15-23(28)26(2)3)21-14-17(24(29)30)11-12-18(16)21;1-3-2;1-2/h6-7,9-12,14,16,22H,4-5,8,13,15H2,1-3H3,(H,29,30);3H2,1-2H3;1-2H3. The molecule has 2 unspecified atom stereocenters. The van der Waals surface area contributed by atoms with Crippen molar-refractivity contribution >= 4 is 29.2 Å². The fourth-order valence-corrected chi connectivity index (χ4v) is 4.47. The number of halogens is 1. The van der Waals surface area contributed by atoms with Crippen molar-refractivity contribution in [1.29, 1.82) is 0 Å². The number of anilines is 1. The average molecular weight is 503 g/mol. The molecule has 5 nitrogen and oxygen atoms in total. The van der Waals surface area contributed by atoms with E-state index in [1.807, 2.05) is 49.1 Å². The zero-order valence-corrected chi connectivity index (χ0v) is 23.2. The van der Waals surface area contributed by atoms with Crippen LogP contribution in [0.1, 0.15) is 100 Å². The third-order valence-electron chi connectivity index (χ3n) is 5.89. The topological polar surface area (TPSA) is 60.9 Å². The van der Waals surface area contributed by atoms with Crippen molar-refractivity contribution in [1.82, 2.24) is 4.90 Å². The molecule has 3 rings (SSSR count). The molecule has 6 heteroatoms. The van der Waals surface area contributed by atoms with E-state index in [1.54, 1.807) is 31.1 Å². The number of fused-ring (bicyclic) bond motifs is 1. The van der Waals surface area contributed by atoms with E-state index in [4.69, 9.17) is 11.6 Å². The third-order valence-corrected chi connectivity index (χ3v) is 6.23. The number of amides is 1. The number of benzene rings is 2. The fraction of sp³-hybridized carbons (Fsp3) is 0.517. The Bertz CT molecular complexity index is 945. The van der Waals surface area contributed by atoms with E-state index in [0.29, 0.717) is 5.02 Å². The lowest BCUT2D eigenvalue weighted by Crippen LogP contribution is -2.42. The van der Waals surface area contributed by atoms with Gasteiger partial charge in [-0.15, -0.1) is 0 Å². The summed E-state index contributed by atoms with van der Waals surface area (Å²) in [4.78, 5) is 28.0. The van der Waals surface area contributed by atoms with Crippen LogP contribution in [-0.4, -0.2) is 42.5 Å². The van der Waals surface area contributed by atoms with Gasteiger partial charge in [0.2, 0.25) is 5.91 Å². The largest absolute Gasteiger partial charge is 0.478 e. The summed E-state index contributed by atoms with van der Waals surface area (Å²) in [7, 11) is 3.46. The number of hydrogen-bond acceptors (Lipinski definition) is 3. The van der Waals surface area contributed by atoms with Gasteiger partial charge in [-0.2, -0.15) is 0 Å². The van der Waals surface area contributed by atoms with E-state index in [2.05, 4.69) is 20.8 Å². The van der Waals surface area contributed by atoms with Crippen LogP contribution in [0.2, 0.25) is 5.02 Å². The van der Waals surface area contributed by atoms with E-state index < -0.39 is 5.97 Å². The molecule has 0 saturated heterocycles. The SMILES string of the molecule is CC.CCC.CCCCC1CC(c2ccccc2Cl)N(CC(=O)N(C)C)c2cc(C(=O)O)ccc21. The summed E-state index contributed by atoms with van der Waals surface area (Å²) in [6.07, 6.45) is 5.30. The Kier molecular flexibility index (Phi) is 13.5. The van der Waals surface area contributed by atoms with Crippen molar-refractivity contribution in [2.75, 3.05) is 25.5 Å². The highest BCUT2D eigenvalue weighted by atomic mass is 35.5. The van der Waals surface area contributed by atoms with Crippen LogP contribution in [-0.2, 0) is 4.79 Å². The van der Waals surface area contributed by atoms with Crippen molar-refractivity contribution in [3.05, 3.63) is 64.2 Å². The van der Waals surface area contributed by atoms with Gasteiger partial charge in [0, 0.05) is 24.8 Å².